The van der Waals surface area contributed by atoms with Crippen LogP contribution in [0, 0.1) is 5.92 Å². The van der Waals surface area contributed by atoms with E-state index in [1.165, 1.54) is 22.7 Å². The van der Waals surface area contributed by atoms with Crippen LogP contribution in [0.25, 0.3) is 18.2 Å². The minimum Gasteiger partial charge on any atom is -0.355 e. The molecule has 15 heavy (non-hydrogen) atoms. The molecule has 1 aliphatic carbocycles. The van der Waals surface area contributed by atoms with Gasteiger partial charge >= 0.3 is 0 Å². The van der Waals surface area contributed by atoms with Crippen molar-refractivity contribution in [2.45, 2.75) is 34.1 Å². The molecule has 1 heterocycles. The molecule has 0 spiro atoms. The number of aromatic amines is 1. The Morgan fingerprint density at radius 3 is 2.80 bits per heavy atom. The molecule has 1 aromatic heterocycles. The molecule has 2 rings (SSSR count). The van der Waals surface area contributed by atoms with Gasteiger partial charge in [0.05, 0.1) is 0 Å². The summed E-state index contributed by atoms with van der Waals surface area (Å²) in [5.74, 6) is 0.671. The van der Waals surface area contributed by atoms with Crippen molar-refractivity contribution in [1.82, 2.24) is 4.98 Å². The molecule has 1 atom stereocenters. The molecule has 1 unspecified atom stereocenters. The maximum absolute atomic E-state index is 3.39. The first kappa shape index (κ1) is 11.8. The van der Waals surface area contributed by atoms with Crippen LogP contribution in [0.15, 0.2) is 12.1 Å². The van der Waals surface area contributed by atoms with E-state index in [-0.39, 0.29) is 0 Å². The highest BCUT2D eigenvalue weighted by Crippen LogP contribution is 2.06. The first-order chi connectivity index (χ1) is 7.29. The van der Waals surface area contributed by atoms with Crippen LogP contribution in [0.4, 0.5) is 0 Å². The number of allylic oxidation sites excluding steroid dienone is 1. The summed E-state index contributed by atoms with van der Waals surface area (Å²) in [6.07, 6.45) is 9.94. The molecule has 1 aromatic rings. The molecule has 1 heteroatoms. The lowest BCUT2D eigenvalue weighted by molar-refractivity contribution is 0.797. The lowest BCUT2D eigenvalue weighted by Crippen LogP contribution is -2.26. The van der Waals surface area contributed by atoms with Crippen molar-refractivity contribution in [3.63, 3.8) is 0 Å². The minimum atomic E-state index is 0.671. The highest BCUT2D eigenvalue weighted by atomic mass is 14.7. The van der Waals surface area contributed by atoms with Crippen molar-refractivity contribution in [1.29, 1.82) is 0 Å². The van der Waals surface area contributed by atoms with Crippen molar-refractivity contribution in [3.05, 3.63) is 28.4 Å². The number of fused-ring (bicyclic) bond motifs is 1. The molecule has 1 N–H and O–H groups in total. The van der Waals surface area contributed by atoms with E-state index in [9.17, 15) is 0 Å². The standard InChI is InChI=1S/C12H15N.C2H6/c1-3-4-11-8-10-6-5-9(2)7-12(10)13-11;1-2/h3-4,6-9,13H,5H2,1-2H3;1-2H3/b4-3+;. The molecule has 0 radical (unpaired) electrons. The number of nitrogens with one attached hydrogen (secondary N) is 1. The minimum absolute atomic E-state index is 0.671. The summed E-state index contributed by atoms with van der Waals surface area (Å²) in [5, 5.41) is 2.64. The van der Waals surface area contributed by atoms with Gasteiger partial charge in [0, 0.05) is 11.0 Å². The Morgan fingerprint density at radius 1 is 1.40 bits per heavy atom. The fraction of sp³-hybridized carbons (Fsp3) is 0.429. The third-order valence-electron chi connectivity index (χ3n) is 2.41. The van der Waals surface area contributed by atoms with Crippen molar-refractivity contribution < 1.29 is 0 Å². The second-order valence-electron chi connectivity index (χ2n) is 3.68. The second-order valence-corrected chi connectivity index (χ2v) is 3.68. The molecule has 1 aliphatic rings. The van der Waals surface area contributed by atoms with Gasteiger partial charge in [-0.2, -0.15) is 0 Å². The Bertz CT molecular complexity index is 434. The highest BCUT2D eigenvalue weighted by Gasteiger charge is 2.02. The van der Waals surface area contributed by atoms with E-state index in [2.05, 4.69) is 42.3 Å². The summed E-state index contributed by atoms with van der Waals surface area (Å²) in [6.45, 7) is 8.28. The zero-order chi connectivity index (χ0) is 11.3. The molecule has 82 valence electrons. The average Bonchev–Trinajstić information content (AvgIpc) is 2.63. The third kappa shape index (κ3) is 2.85. The van der Waals surface area contributed by atoms with Crippen molar-refractivity contribution in [2.75, 3.05) is 0 Å². The van der Waals surface area contributed by atoms with E-state index in [4.69, 9.17) is 0 Å². The second kappa shape index (κ2) is 5.59. The maximum Gasteiger partial charge on any atom is 0.0417 e. The fourth-order valence-electron chi connectivity index (χ4n) is 1.75. The summed E-state index contributed by atoms with van der Waals surface area (Å²) >= 11 is 0. The van der Waals surface area contributed by atoms with E-state index in [0.717, 1.165) is 0 Å². The van der Waals surface area contributed by atoms with E-state index >= 15 is 0 Å². The Labute approximate surface area is 92.2 Å². The molecule has 0 saturated carbocycles. The van der Waals surface area contributed by atoms with Gasteiger partial charge in [-0.05, 0) is 36.6 Å². The van der Waals surface area contributed by atoms with Crippen LogP contribution in [0.3, 0.4) is 0 Å². The van der Waals surface area contributed by atoms with Crippen LogP contribution in [0.2, 0.25) is 0 Å². The van der Waals surface area contributed by atoms with E-state index < -0.39 is 0 Å². The number of hydrogen-bond donors (Lipinski definition) is 1. The average molecular weight is 203 g/mol. The van der Waals surface area contributed by atoms with Crippen molar-refractivity contribution in [3.8, 4) is 0 Å². The lowest BCUT2D eigenvalue weighted by atomic mass is 10.0. The van der Waals surface area contributed by atoms with Gasteiger partial charge in [-0.1, -0.05) is 39.0 Å². The van der Waals surface area contributed by atoms with Crippen LogP contribution >= 0.6 is 0 Å². The predicted molar refractivity (Wildman–Crippen MR) is 68.8 cm³/mol. The summed E-state index contributed by atoms with van der Waals surface area (Å²) in [7, 11) is 0. The number of aromatic nitrogens is 1. The quantitative estimate of drug-likeness (QED) is 0.722. The molecule has 1 nitrogen and oxygen atoms in total. The SMILES string of the molecule is C/C=C/c1cc2c([nH]1)=CC(C)CC=2.CC. The van der Waals surface area contributed by atoms with Gasteiger partial charge in [-0.3, -0.25) is 0 Å². The van der Waals surface area contributed by atoms with Gasteiger partial charge in [-0.15, -0.1) is 0 Å². The van der Waals surface area contributed by atoms with E-state index in [1.54, 1.807) is 0 Å². The van der Waals surface area contributed by atoms with Crippen LogP contribution in [0.5, 0.6) is 0 Å². The number of rotatable bonds is 1. The third-order valence-corrected chi connectivity index (χ3v) is 2.41. The van der Waals surface area contributed by atoms with Crippen LogP contribution in [-0.2, 0) is 0 Å². The monoisotopic (exact) mass is 203 g/mol. The Balaban J connectivity index is 0.000000531. The maximum atomic E-state index is 3.39. The number of hydrogen-bond acceptors (Lipinski definition) is 0. The van der Waals surface area contributed by atoms with Gasteiger partial charge < -0.3 is 4.98 Å². The Morgan fingerprint density at radius 2 is 2.13 bits per heavy atom. The van der Waals surface area contributed by atoms with Crippen LogP contribution < -0.4 is 10.6 Å². The molecular weight excluding hydrogens is 182 g/mol. The molecule has 0 fully saturated rings. The normalized spacial score (nSPS) is 18.5. The summed E-state index contributed by atoms with van der Waals surface area (Å²) < 4.78 is 0. The molecule has 0 aromatic carbocycles. The zero-order valence-corrected chi connectivity index (χ0v) is 10.2. The van der Waals surface area contributed by atoms with Crippen molar-refractivity contribution >= 4 is 18.2 Å². The van der Waals surface area contributed by atoms with E-state index in [1.807, 2.05) is 20.8 Å². The molecule has 0 amide bonds. The smallest absolute Gasteiger partial charge is 0.0417 e. The Kier molecular flexibility index (Phi) is 4.41. The first-order valence-electron chi connectivity index (χ1n) is 5.83. The fourth-order valence-corrected chi connectivity index (χ4v) is 1.75. The van der Waals surface area contributed by atoms with Gasteiger partial charge in [0.15, 0.2) is 0 Å². The number of H-pyrrole nitrogens is 1. The molecule has 0 bridgehead atoms. The Hall–Kier alpha value is -1.24. The van der Waals surface area contributed by atoms with Gasteiger partial charge in [-0.25, -0.2) is 0 Å². The van der Waals surface area contributed by atoms with Crippen LogP contribution in [0.1, 0.15) is 39.8 Å². The van der Waals surface area contributed by atoms with Gasteiger partial charge in [0.2, 0.25) is 0 Å². The topological polar surface area (TPSA) is 15.8 Å². The largest absolute Gasteiger partial charge is 0.355 e. The van der Waals surface area contributed by atoms with Gasteiger partial charge in [0.1, 0.15) is 0 Å². The lowest BCUT2D eigenvalue weighted by Gasteiger charge is -2.03. The van der Waals surface area contributed by atoms with Crippen molar-refractivity contribution in [2.24, 2.45) is 5.92 Å². The van der Waals surface area contributed by atoms with Gasteiger partial charge in [0.25, 0.3) is 0 Å². The molecular formula is C14H21N. The predicted octanol–water partition coefficient (Wildman–Crippen LogP) is 2.67. The first-order valence-corrected chi connectivity index (χ1v) is 5.83. The van der Waals surface area contributed by atoms with E-state index in [0.29, 0.717) is 5.92 Å². The van der Waals surface area contributed by atoms with Crippen LogP contribution in [-0.4, -0.2) is 4.98 Å². The zero-order valence-electron chi connectivity index (χ0n) is 10.2. The summed E-state index contributed by atoms with van der Waals surface area (Å²) in [5.41, 5.74) is 1.20. The molecule has 0 saturated heterocycles. The summed E-state index contributed by atoms with van der Waals surface area (Å²) in [4.78, 5) is 3.39. The summed E-state index contributed by atoms with van der Waals surface area (Å²) in [6, 6.07) is 2.21. The highest BCUT2D eigenvalue weighted by molar-refractivity contribution is 5.48. The molecule has 0 aliphatic heterocycles.